The number of aromatic nitrogens is 2. The molecule has 1 amide bonds. The molecule has 0 bridgehead atoms. The van der Waals surface area contributed by atoms with Crippen LogP contribution < -0.4 is 5.32 Å². The number of hydrogen-bond donors (Lipinski definition) is 1. The number of carbonyl (C=O) groups excluding carboxylic acids is 1. The first-order valence-electron chi connectivity index (χ1n) is 8.99. The van der Waals surface area contributed by atoms with Crippen LogP contribution in [-0.2, 0) is 4.79 Å². The number of hydrogen-bond acceptors (Lipinski definition) is 6. The monoisotopic (exact) mass is 390 g/mol. The average molecular weight is 391 g/mol. The number of likely N-dealkylation sites (tertiary alicyclic amines) is 1. The average Bonchev–Trinajstić information content (AvgIpc) is 3.03. The minimum absolute atomic E-state index is 0.202. The summed E-state index contributed by atoms with van der Waals surface area (Å²) < 4.78 is 0.823. The second-order valence-corrected chi connectivity index (χ2v) is 9.48. The second-order valence-electron chi connectivity index (χ2n) is 7.28. The van der Waals surface area contributed by atoms with E-state index in [2.05, 4.69) is 49.3 Å². The van der Waals surface area contributed by atoms with Crippen LogP contribution in [0.4, 0.5) is 10.8 Å². The Hall–Kier alpha value is -1.60. The number of piperidine rings is 1. The van der Waals surface area contributed by atoms with Gasteiger partial charge in [-0.3, -0.25) is 4.79 Å². The Labute approximate surface area is 163 Å². The molecule has 0 aliphatic carbocycles. The number of nitrogens with one attached hydrogen (secondary N) is 1. The van der Waals surface area contributed by atoms with E-state index in [9.17, 15) is 4.79 Å². The Kier molecular flexibility index (Phi) is 6.19. The van der Waals surface area contributed by atoms with E-state index >= 15 is 0 Å². The molecular weight excluding hydrogens is 364 g/mol. The fourth-order valence-electron chi connectivity index (χ4n) is 3.40. The van der Waals surface area contributed by atoms with Crippen LogP contribution in [-0.4, -0.2) is 39.8 Å². The minimum Gasteiger partial charge on any atom is -0.341 e. The lowest BCUT2D eigenvalue weighted by Crippen LogP contribution is -2.43. The molecule has 1 N–H and O–H groups in total. The van der Waals surface area contributed by atoms with Gasteiger partial charge >= 0.3 is 0 Å². The summed E-state index contributed by atoms with van der Waals surface area (Å²) in [4.78, 5) is 14.5. The molecule has 3 rings (SSSR count). The summed E-state index contributed by atoms with van der Waals surface area (Å²) in [7, 11) is 0. The first-order chi connectivity index (χ1) is 12.4. The van der Waals surface area contributed by atoms with E-state index in [1.165, 1.54) is 40.6 Å². The highest BCUT2D eigenvalue weighted by atomic mass is 32.2. The zero-order valence-electron chi connectivity index (χ0n) is 15.8. The van der Waals surface area contributed by atoms with Crippen molar-refractivity contribution in [3.8, 4) is 0 Å². The van der Waals surface area contributed by atoms with Gasteiger partial charge in [0.25, 0.3) is 0 Å². The quantitative estimate of drug-likeness (QED) is 0.762. The smallest absolute Gasteiger partial charge is 0.233 e. The van der Waals surface area contributed by atoms with Crippen molar-refractivity contribution in [2.75, 3.05) is 24.2 Å². The summed E-state index contributed by atoms with van der Waals surface area (Å²) in [5, 5.41) is 12.5. The van der Waals surface area contributed by atoms with Crippen LogP contribution in [0.15, 0.2) is 22.5 Å². The van der Waals surface area contributed by atoms with Gasteiger partial charge in [0.15, 0.2) is 4.34 Å². The predicted octanol–water partition coefficient (Wildman–Crippen LogP) is 4.50. The topological polar surface area (TPSA) is 58.1 Å². The number of nitrogens with zero attached hydrogens (tertiary/aromatic N) is 3. The number of rotatable bonds is 5. The maximum Gasteiger partial charge on any atom is 0.233 e. The normalized spacial score (nSPS) is 20.2. The number of amides is 1. The zero-order valence-corrected chi connectivity index (χ0v) is 17.4. The fraction of sp³-hybridized carbons (Fsp3) is 0.526. The number of aryl methyl sites for hydroxylation is 1. The first kappa shape index (κ1) is 19.2. The first-order valence-corrected chi connectivity index (χ1v) is 10.8. The van der Waals surface area contributed by atoms with Crippen LogP contribution in [0, 0.1) is 25.7 Å². The zero-order chi connectivity index (χ0) is 18.7. The molecule has 1 aromatic carbocycles. The summed E-state index contributed by atoms with van der Waals surface area (Å²) in [6, 6.07) is 6.16. The van der Waals surface area contributed by atoms with E-state index in [0.717, 1.165) is 28.2 Å². The minimum atomic E-state index is 0.202. The third-order valence-corrected chi connectivity index (χ3v) is 6.75. The lowest BCUT2D eigenvalue weighted by molar-refractivity contribution is -0.130. The Morgan fingerprint density at radius 3 is 2.73 bits per heavy atom. The maximum absolute atomic E-state index is 12.5. The Bertz CT molecular complexity index is 767. The highest BCUT2D eigenvalue weighted by Gasteiger charge is 2.25. The third kappa shape index (κ3) is 4.76. The molecule has 1 aliphatic rings. The van der Waals surface area contributed by atoms with E-state index in [0.29, 0.717) is 17.6 Å². The number of carbonyl (C=O) groups is 1. The molecule has 7 heteroatoms. The van der Waals surface area contributed by atoms with Gasteiger partial charge in [0.2, 0.25) is 11.0 Å². The van der Waals surface area contributed by atoms with Crippen LogP contribution in [0.3, 0.4) is 0 Å². The summed E-state index contributed by atoms with van der Waals surface area (Å²) >= 11 is 2.97. The van der Waals surface area contributed by atoms with Gasteiger partial charge in [-0.25, -0.2) is 0 Å². The molecule has 0 spiro atoms. The number of anilines is 2. The van der Waals surface area contributed by atoms with E-state index in [4.69, 9.17) is 0 Å². The van der Waals surface area contributed by atoms with Crippen LogP contribution >= 0.6 is 23.1 Å². The highest BCUT2D eigenvalue weighted by Crippen LogP contribution is 2.30. The SMILES string of the molecule is Cc1cccc(Nc2nnc(SCC(=O)N3CC(C)CC(C)C3)s2)c1C. The lowest BCUT2D eigenvalue weighted by Gasteiger charge is -2.34. The number of thioether (sulfide) groups is 1. The lowest BCUT2D eigenvalue weighted by atomic mass is 9.92. The van der Waals surface area contributed by atoms with Gasteiger partial charge in [-0.1, -0.05) is 49.1 Å². The van der Waals surface area contributed by atoms with Crippen LogP contribution in [0.1, 0.15) is 31.4 Å². The van der Waals surface area contributed by atoms with Crippen molar-refractivity contribution >= 4 is 39.8 Å². The molecule has 5 nitrogen and oxygen atoms in total. The summed E-state index contributed by atoms with van der Waals surface area (Å²) in [5.74, 6) is 1.80. The molecule has 2 aromatic rings. The molecular formula is C19H26N4OS2. The van der Waals surface area contributed by atoms with Crippen molar-refractivity contribution in [2.45, 2.75) is 38.5 Å². The molecule has 140 valence electrons. The Morgan fingerprint density at radius 2 is 2.00 bits per heavy atom. The summed E-state index contributed by atoms with van der Waals surface area (Å²) in [6.07, 6.45) is 1.21. The van der Waals surface area contributed by atoms with Crippen LogP contribution in [0.2, 0.25) is 0 Å². The van der Waals surface area contributed by atoms with Gasteiger partial charge in [-0.15, -0.1) is 10.2 Å². The second kappa shape index (κ2) is 8.39. The van der Waals surface area contributed by atoms with Crippen LogP contribution in [0.5, 0.6) is 0 Å². The largest absolute Gasteiger partial charge is 0.341 e. The van der Waals surface area contributed by atoms with E-state index in [-0.39, 0.29) is 5.91 Å². The molecule has 1 aliphatic heterocycles. The van der Waals surface area contributed by atoms with Gasteiger partial charge in [-0.2, -0.15) is 0 Å². The summed E-state index contributed by atoms with van der Waals surface area (Å²) in [6.45, 7) is 10.4. The fourth-order valence-corrected chi connectivity index (χ4v) is 5.07. The van der Waals surface area contributed by atoms with Crippen molar-refractivity contribution in [1.29, 1.82) is 0 Å². The Balaban J connectivity index is 1.55. The molecule has 1 fully saturated rings. The molecule has 0 saturated carbocycles. The Morgan fingerprint density at radius 1 is 1.27 bits per heavy atom. The van der Waals surface area contributed by atoms with Crippen molar-refractivity contribution in [2.24, 2.45) is 11.8 Å². The van der Waals surface area contributed by atoms with Gasteiger partial charge < -0.3 is 10.2 Å². The molecule has 26 heavy (non-hydrogen) atoms. The van der Waals surface area contributed by atoms with Crippen molar-refractivity contribution in [1.82, 2.24) is 15.1 Å². The predicted molar refractivity (Wildman–Crippen MR) is 109 cm³/mol. The molecule has 2 atom stereocenters. The standard InChI is InChI=1S/C19H26N4OS2/c1-12-8-13(2)10-23(9-12)17(24)11-25-19-22-21-18(26-19)20-16-7-5-6-14(3)15(16)4/h5-7,12-13H,8-11H2,1-4H3,(H,20,21). The molecule has 2 heterocycles. The van der Waals surface area contributed by atoms with Gasteiger partial charge in [0, 0.05) is 18.8 Å². The molecule has 2 unspecified atom stereocenters. The molecule has 1 saturated heterocycles. The van der Waals surface area contributed by atoms with E-state index < -0.39 is 0 Å². The van der Waals surface area contributed by atoms with Crippen molar-refractivity contribution < 1.29 is 4.79 Å². The van der Waals surface area contributed by atoms with Crippen molar-refractivity contribution in [3.63, 3.8) is 0 Å². The third-order valence-electron chi connectivity index (χ3n) is 4.79. The van der Waals surface area contributed by atoms with Crippen molar-refractivity contribution in [3.05, 3.63) is 29.3 Å². The highest BCUT2D eigenvalue weighted by molar-refractivity contribution is 8.01. The van der Waals surface area contributed by atoms with Crippen LogP contribution in [0.25, 0.3) is 0 Å². The van der Waals surface area contributed by atoms with Gasteiger partial charge in [0.1, 0.15) is 0 Å². The summed E-state index contributed by atoms with van der Waals surface area (Å²) in [5.41, 5.74) is 3.50. The van der Waals surface area contributed by atoms with E-state index in [1.54, 1.807) is 0 Å². The van der Waals surface area contributed by atoms with Gasteiger partial charge in [0.05, 0.1) is 5.75 Å². The van der Waals surface area contributed by atoms with E-state index in [1.807, 2.05) is 17.0 Å². The molecule has 1 aromatic heterocycles. The van der Waals surface area contributed by atoms with Gasteiger partial charge in [-0.05, 0) is 49.3 Å². The maximum atomic E-state index is 12.5. The molecule has 0 radical (unpaired) electrons. The number of benzene rings is 1.